The summed E-state index contributed by atoms with van der Waals surface area (Å²) < 4.78 is 4.80. The van der Waals surface area contributed by atoms with Gasteiger partial charge in [-0.15, -0.1) is 0 Å². The van der Waals surface area contributed by atoms with Crippen molar-refractivity contribution in [2.75, 3.05) is 20.2 Å². The highest BCUT2D eigenvalue weighted by molar-refractivity contribution is 5.78. The third-order valence-corrected chi connectivity index (χ3v) is 4.48. The number of aryl methyl sites for hydroxylation is 2. The Hall–Kier alpha value is -1.84. The van der Waals surface area contributed by atoms with Gasteiger partial charge in [-0.1, -0.05) is 62.9 Å². The summed E-state index contributed by atoms with van der Waals surface area (Å²) in [5.74, 6) is -0.433. The number of unbranched alkanes of at least 4 members (excludes halogenated alkanes) is 3. The normalized spacial score (nSPS) is 11.8. The van der Waals surface area contributed by atoms with E-state index in [0.29, 0.717) is 19.5 Å². The second kappa shape index (κ2) is 11.7. The fourth-order valence-electron chi connectivity index (χ4n) is 2.82. The number of amides is 1. The first-order chi connectivity index (χ1) is 12.0. The van der Waals surface area contributed by atoms with Crippen molar-refractivity contribution in [2.24, 2.45) is 5.92 Å². The molecule has 1 atom stereocenters. The zero-order valence-electron chi connectivity index (χ0n) is 16.2. The monoisotopic (exact) mass is 347 g/mol. The number of carbonyl (C=O) groups excluding carboxylic acids is 2. The average molecular weight is 347 g/mol. The molecule has 4 heteroatoms. The number of rotatable bonds is 11. The van der Waals surface area contributed by atoms with Crippen LogP contribution in [0.15, 0.2) is 24.3 Å². The van der Waals surface area contributed by atoms with Gasteiger partial charge in [0, 0.05) is 19.5 Å². The van der Waals surface area contributed by atoms with Gasteiger partial charge in [-0.25, -0.2) is 0 Å². The van der Waals surface area contributed by atoms with Crippen LogP contribution in [-0.2, 0) is 20.7 Å². The van der Waals surface area contributed by atoms with Gasteiger partial charge in [-0.3, -0.25) is 9.59 Å². The first kappa shape index (κ1) is 21.2. The largest absolute Gasteiger partial charge is 0.469 e. The Morgan fingerprint density at radius 3 is 2.40 bits per heavy atom. The Morgan fingerprint density at radius 1 is 1.12 bits per heavy atom. The molecule has 0 aliphatic heterocycles. The zero-order chi connectivity index (χ0) is 18.7. The molecule has 4 nitrogen and oxygen atoms in total. The maximum absolute atomic E-state index is 12.7. The molecular weight excluding hydrogens is 314 g/mol. The van der Waals surface area contributed by atoms with Gasteiger partial charge in [-0.05, 0) is 25.3 Å². The predicted octanol–water partition coefficient (Wildman–Crippen LogP) is 4.15. The predicted molar refractivity (Wildman–Crippen MR) is 101 cm³/mol. The molecule has 0 N–H and O–H groups in total. The van der Waals surface area contributed by atoms with Crippen molar-refractivity contribution >= 4 is 11.9 Å². The van der Waals surface area contributed by atoms with Gasteiger partial charge >= 0.3 is 5.97 Å². The van der Waals surface area contributed by atoms with Gasteiger partial charge < -0.3 is 9.64 Å². The van der Waals surface area contributed by atoms with E-state index in [2.05, 4.69) is 38.1 Å². The number of esters is 1. The maximum atomic E-state index is 12.7. The minimum atomic E-state index is -0.292. The van der Waals surface area contributed by atoms with Gasteiger partial charge in [0.2, 0.25) is 5.91 Å². The van der Waals surface area contributed by atoms with Crippen molar-refractivity contribution in [3.63, 3.8) is 0 Å². The van der Waals surface area contributed by atoms with Crippen LogP contribution in [-0.4, -0.2) is 37.0 Å². The molecule has 0 aliphatic rings. The van der Waals surface area contributed by atoms with Crippen LogP contribution in [0.3, 0.4) is 0 Å². The Kier molecular flexibility index (Phi) is 9.90. The zero-order valence-corrected chi connectivity index (χ0v) is 16.2. The second-order valence-electron chi connectivity index (χ2n) is 6.81. The molecule has 0 aromatic heterocycles. The van der Waals surface area contributed by atoms with Crippen LogP contribution < -0.4 is 0 Å². The van der Waals surface area contributed by atoms with E-state index >= 15 is 0 Å². The van der Waals surface area contributed by atoms with Gasteiger partial charge in [-0.2, -0.15) is 0 Å². The Morgan fingerprint density at radius 2 is 1.80 bits per heavy atom. The highest BCUT2D eigenvalue weighted by atomic mass is 16.5. The Balaban J connectivity index is 2.59. The third-order valence-electron chi connectivity index (χ3n) is 4.48. The van der Waals surface area contributed by atoms with Gasteiger partial charge in [0.1, 0.15) is 0 Å². The van der Waals surface area contributed by atoms with E-state index in [1.165, 1.54) is 31.1 Å². The van der Waals surface area contributed by atoms with Crippen molar-refractivity contribution in [1.29, 1.82) is 0 Å². The lowest BCUT2D eigenvalue weighted by Crippen LogP contribution is -2.38. The summed E-state index contributed by atoms with van der Waals surface area (Å²) in [4.78, 5) is 26.2. The second-order valence-corrected chi connectivity index (χ2v) is 6.81. The van der Waals surface area contributed by atoms with Gasteiger partial charge in [0.05, 0.1) is 13.0 Å². The average Bonchev–Trinajstić information content (AvgIpc) is 2.62. The molecule has 0 bridgehead atoms. The first-order valence-electron chi connectivity index (χ1n) is 9.39. The van der Waals surface area contributed by atoms with Crippen LogP contribution in [0, 0.1) is 12.8 Å². The minimum absolute atomic E-state index is 0.118. The molecule has 1 aromatic rings. The van der Waals surface area contributed by atoms with E-state index in [1.54, 1.807) is 0 Å². The highest BCUT2D eigenvalue weighted by Gasteiger charge is 2.21. The number of methoxy groups -OCH3 is 1. The SMILES string of the molecule is CCCCCCN(CC(C)C(=O)OC)C(=O)CCc1ccc(C)cc1. The number of benzene rings is 1. The molecule has 1 aromatic carbocycles. The van der Waals surface area contributed by atoms with E-state index in [-0.39, 0.29) is 17.8 Å². The van der Waals surface area contributed by atoms with Gasteiger partial charge in [0.15, 0.2) is 0 Å². The van der Waals surface area contributed by atoms with E-state index < -0.39 is 0 Å². The molecule has 25 heavy (non-hydrogen) atoms. The standard InChI is InChI=1S/C21H33NO3/c1-5-6-7-8-15-22(16-18(3)21(24)25-4)20(23)14-13-19-11-9-17(2)10-12-19/h9-12,18H,5-8,13-16H2,1-4H3. The fourth-order valence-corrected chi connectivity index (χ4v) is 2.82. The summed E-state index contributed by atoms with van der Waals surface area (Å²) >= 11 is 0. The van der Waals surface area contributed by atoms with Crippen molar-refractivity contribution in [2.45, 2.75) is 59.3 Å². The van der Waals surface area contributed by atoms with Crippen LogP contribution in [0.25, 0.3) is 0 Å². The molecular formula is C21H33NO3. The minimum Gasteiger partial charge on any atom is -0.469 e. The van der Waals surface area contributed by atoms with Crippen molar-refractivity contribution in [1.82, 2.24) is 4.90 Å². The molecule has 0 aliphatic carbocycles. The van der Waals surface area contributed by atoms with E-state index in [1.807, 2.05) is 11.8 Å². The molecule has 0 saturated carbocycles. The first-order valence-corrected chi connectivity index (χ1v) is 9.39. The number of nitrogens with zero attached hydrogens (tertiary/aromatic N) is 1. The number of hydrogen-bond acceptors (Lipinski definition) is 3. The Bertz CT molecular complexity index is 524. The van der Waals surface area contributed by atoms with E-state index in [9.17, 15) is 9.59 Å². The summed E-state index contributed by atoms with van der Waals surface area (Å²) in [7, 11) is 1.39. The van der Waals surface area contributed by atoms with Crippen molar-refractivity contribution in [3.8, 4) is 0 Å². The van der Waals surface area contributed by atoms with Crippen LogP contribution in [0.2, 0.25) is 0 Å². The highest BCUT2D eigenvalue weighted by Crippen LogP contribution is 2.11. The number of hydrogen-bond donors (Lipinski definition) is 0. The Labute approximate surface area is 152 Å². The summed E-state index contributed by atoms with van der Waals surface area (Å²) in [5, 5.41) is 0. The fraction of sp³-hybridized carbons (Fsp3) is 0.619. The lowest BCUT2D eigenvalue weighted by atomic mass is 10.1. The quantitative estimate of drug-likeness (QED) is 0.446. The molecule has 1 unspecified atom stereocenters. The summed E-state index contributed by atoms with van der Waals surface area (Å²) in [6.07, 6.45) is 5.66. The van der Waals surface area contributed by atoms with E-state index in [4.69, 9.17) is 4.74 Å². The van der Waals surface area contributed by atoms with Crippen molar-refractivity contribution < 1.29 is 14.3 Å². The topological polar surface area (TPSA) is 46.6 Å². The molecule has 0 radical (unpaired) electrons. The molecule has 140 valence electrons. The van der Waals surface area contributed by atoms with Crippen LogP contribution in [0.1, 0.15) is 57.1 Å². The molecule has 0 saturated heterocycles. The summed E-state index contributed by atoms with van der Waals surface area (Å²) in [5.41, 5.74) is 2.39. The van der Waals surface area contributed by atoms with E-state index in [0.717, 1.165) is 19.3 Å². The lowest BCUT2D eigenvalue weighted by Gasteiger charge is -2.25. The van der Waals surface area contributed by atoms with Crippen LogP contribution in [0.4, 0.5) is 0 Å². The third kappa shape index (κ3) is 8.19. The smallest absolute Gasteiger partial charge is 0.310 e. The summed E-state index contributed by atoms with van der Waals surface area (Å²) in [6, 6.07) is 8.29. The van der Waals surface area contributed by atoms with Crippen molar-refractivity contribution in [3.05, 3.63) is 35.4 Å². The number of ether oxygens (including phenoxy) is 1. The molecule has 0 heterocycles. The van der Waals surface area contributed by atoms with Gasteiger partial charge in [0.25, 0.3) is 0 Å². The molecule has 1 rings (SSSR count). The molecule has 1 amide bonds. The van der Waals surface area contributed by atoms with Crippen LogP contribution >= 0.6 is 0 Å². The molecule has 0 fully saturated rings. The number of carbonyl (C=O) groups is 2. The summed E-state index contributed by atoms with van der Waals surface area (Å²) in [6.45, 7) is 7.20. The molecule has 0 spiro atoms. The lowest BCUT2D eigenvalue weighted by molar-refractivity contribution is -0.146. The maximum Gasteiger partial charge on any atom is 0.310 e. The van der Waals surface area contributed by atoms with Crippen LogP contribution in [0.5, 0.6) is 0 Å².